The molecule has 4 heteroatoms. The number of ether oxygens (including phenoxy) is 1. The molecule has 0 spiro atoms. The van der Waals surface area contributed by atoms with E-state index < -0.39 is 0 Å². The Hall–Kier alpha value is -0.740. The van der Waals surface area contributed by atoms with E-state index in [2.05, 4.69) is 35.1 Å². The van der Waals surface area contributed by atoms with Gasteiger partial charge in [-0.05, 0) is 43.9 Å². The average Bonchev–Trinajstić information content (AvgIpc) is 2.43. The van der Waals surface area contributed by atoms with E-state index in [0.717, 1.165) is 48.1 Å². The number of nitrogens with one attached hydrogen (secondary N) is 1. The van der Waals surface area contributed by atoms with Gasteiger partial charge in [0.05, 0.1) is 17.0 Å². The van der Waals surface area contributed by atoms with E-state index in [1.807, 2.05) is 18.2 Å². The number of rotatable bonds is 4. The highest BCUT2D eigenvalue weighted by Gasteiger charge is 2.34. The molecule has 1 heterocycles. The summed E-state index contributed by atoms with van der Waals surface area (Å²) in [5, 5.41) is 3.58. The molecule has 1 atom stereocenters. The molecular formula is C15H23BrN2O. The summed E-state index contributed by atoms with van der Waals surface area (Å²) in [5.41, 5.74) is 7.88. The minimum absolute atomic E-state index is 0.0384. The van der Waals surface area contributed by atoms with Gasteiger partial charge in [-0.3, -0.25) is 0 Å². The van der Waals surface area contributed by atoms with Crippen molar-refractivity contribution in [2.24, 2.45) is 0 Å². The van der Waals surface area contributed by atoms with Crippen molar-refractivity contribution >= 4 is 27.3 Å². The summed E-state index contributed by atoms with van der Waals surface area (Å²) >= 11 is 3.49. The third-order valence-corrected chi connectivity index (χ3v) is 4.65. The Morgan fingerprint density at radius 3 is 2.84 bits per heavy atom. The zero-order chi connectivity index (χ0) is 13.9. The van der Waals surface area contributed by atoms with E-state index in [4.69, 9.17) is 10.5 Å². The van der Waals surface area contributed by atoms with E-state index in [1.165, 1.54) is 0 Å². The average molecular weight is 327 g/mol. The number of hydrogen-bond donors (Lipinski definition) is 2. The summed E-state index contributed by atoms with van der Waals surface area (Å²) < 4.78 is 7.05. The molecule has 0 bridgehead atoms. The number of anilines is 2. The monoisotopic (exact) mass is 326 g/mol. The van der Waals surface area contributed by atoms with Gasteiger partial charge in [-0.2, -0.15) is 0 Å². The highest BCUT2D eigenvalue weighted by Crippen LogP contribution is 2.34. The Balaban J connectivity index is 2.08. The van der Waals surface area contributed by atoms with E-state index >= 15 is 0 Å². The summed E-state index contributed by atoms with van der Waals surface area (Å²) in [6, 6.07) is 6.38. The van der Waals surface area contributed by atoms with Crippen molar-refractivity contribution in [1.82, 2.24) is 0 Å². The Kier molecular flexibility index (Phi) is 4.74. The van der Waals surface area contributed by atoms with Crippen molar-refractivity contribution in [3.63, 3.8) is 0 Å². The van der Waals surface area contributed by atoms with Gasteiger partial charge in [-0.15, -0.1) is 0 Å². The molecule has 1 aromatic rings. The molecule has 0 saturated carbocycles. The van der Waals surface area contributed by atoms with Crippen LogP contribution in [0.15, 0.2) is 22.7 Å². The molecule has 0 radical (unpaired) electrons. The highest BCUT2D eigenvalue weighted by atomic mass is 79.9. The third-order valence-electron chi connectivity index (χ3n) is 4.16. The zero-order valence-electron chi connectivity index (χ0n) is 11.7. The van der Waals surface area contributed by atoms with Crippen LogP contribution in [0.3, 0.4) is 0 Å². The van der Waals surface area contributed by atoms with Gasteiger partial charge in [0.1, 0.15) is 0 Å². The zero-order valence-corrected chi connectivity index (χ0v) is 13.3. The first kappa shape index (κ1) is 14.7. The third kappa shape index (κ3) is 3.42. The maximum Gasteiger partial charge on any atom is 0.0696 e. The summed E-state index contributed by atoms with van der Waals surface area (Å²) in [5.74, 6) is 0. The summed E-state index contributed by atoms with van der Waals surface area (Å²) in [6.45, 7) is 5.24. The van der Waals surface area contributed by atoms with Crippen LogP contribution < -0.4 is 11.1 Å². The normalized spacial score (nSPS) is 22.2. The van der Waals surface area contributed by atoms with Crippen molar-refractivity contribution in [3.05, 3.63) is 22.7 Å². The highest BCUT2D eigenvalue weighted by molar-refractivity contribution is 9.10. The second kappa shape index (κ2) is 6.14. The van der Waals surface area contributed by atoms with Crippen molar-refractivity contribution in [1.29, 1.82) is 0 Å². The first-order valence-electron chi connectivity index (χ1n) is 7.04. The number of hydrogen-bond acceptors (Lipinski definition) is 3. The molecule has 1 saturated heterocycles. The van der Waals surface area contributed by atoms with Gasteiger partial charge in [0.25, 0.3) is 0 Å². The first-order chi connectivity index (χ1) is 9.08. The van der Waals surface area contributed by atoms with Crippen molar-refractivity contribution in [2.75, 3.05) is 17.7 Å². The molecule has 2 rings (SSSR count). The predicted molar refractivity (Wildman–Crippen MR) is 84.5 cm³/mol. The molecule has 1 aliphatic rings. The largest absolute Gasteiger partial charge is 0.397 e. The molecule has 3 nitrogen and oxygen atoms in total. The Morgan fingerprint density at radius 2 is 2.16 bits per heavy atom. The minimum Gasteiger partial charge on any atom is -0.397 e. The SMILES string of the molecule is CCC1(CC)CC(Nc2cc(Br)ccc2N)CCO1. The van der Waals surface area contributed by atoms with Crippen LogP contribution in [0.1, 0.15) is 39.5 Å². The van der Waals surface area contributed by atoms with Crippen molar-refractivity contribution in [3.8, 4) is 0 Å². The molecular weight excluding hydrogens is 304 g/mol. The van der Waals surface area contributed by atoms with E-state index in [1.54, 1.807) is 0 Å². The van der Waals surface area contributed by atoms with Crippen LogP contribution in [0.25, 0.3) is 0 Å². The van der Waals surface area contributed by atoms with Crippen LogP contribution >= 0.6 is 15.9 Å². The quantitative estimate of drug-likeness (QED) is 0.816. The van der Waals surface area contributed by atoms with Gasteiger partial charge in [0.15, 0.2) is 0 Å². The topological polar surface area (TPSA) is 47.3 Å². The summed E-state index contributed by atoms with van der Waals surface area (Å²) in [6.07, 6.45) is 4.21. The molecule has 1 aliphatic heterocycles. The van der Waals surface area contributed by atoms with Gasteiger partial charge in [0, 0.05) is 17.1 Å². The molecule has 0 amide bonds. The Labute approximate surface area is 124 Å². The minimum atomic E-state index is 0.0384. The van der Waals surface area contributed by atoms with Crippen LogP contribution in [-0.4, -0.2) is 18.2 Å². The fourth-order valence-corrected chi connectivity index (χ4v) is 3.13. The van der Waals surface area contributed by atoms with Gasteiger partial charge in [-0.25, -0.2) is 0 Å². The van der Waals surface area contributed by atoms with E-state index in [9.17, 15) is 0 Å². The van der Waals surface area contributed by atoms with Crippen molar-refractivity contribution in [2.45, 2.75) is 51.2 Å². The number of nitrogen functional groups attached to an aromatic ring is 1. The second-order valence-electron chi connectivity index (χ2n) is 5.30. The summed E-state index contributed by atoms with van der Waals surface area (Å²) in [7, 11) is 0. The Bertz CT molecular complexity index is 432. The lowest BCUT2D eigenvalue weighted by molar-refractivity contribution is -0.0864. The molecule has 0 aliphatic carbocycles. The number of benzene rings is 1. The van der Waals surface area contributed by atoms with E-state index in [-0.39, 0.29) is 5.60 Å². The van der Waals surface area contributed by atoms with Gasteiger partial charge >= 0.3 is 0 Å². The van der Waals surface area contributed by atoms with Crippen LogP contribution in [-0.2, 0) is 4.74 Å². The lowest BCUT2D eigenvalue weighted by Gasteiger charge is -2.40. The molecule has 19 heavy (non-hydrogen) atoms. The van der Waals surface area contributed by atoms with Crippen molar-refractivity contribution < 1.29 is 4.74 Å². The maximum atomic E-state index is 6.02. The maximum absolute atomic E-state index is 6.02. The molecule has 3 N–H and O–H groups in total. The lowest BCUT2D eigenvalue weighted by Crippen LogP contribution is -2.43. The predicted octanol–water partition coefficient (Wildman–Crippen LogP) is 4.18. The van der Waals surface area contributed by atoms with Gasteiger partial charge in [-0.1, -0.05) is 29.8 Å². The first-order valence-corrected chi connectivity index (χ1v) is 7.83. The molecule has 106 valence electrons. The van der Waals surface area contributed by atoms with Gasteiger partial charge < -0.3 is 15.8 Å². The summed E-state index contributed by atoms with van der Waals surface area (Å²) in [4.78, 5) is 0. The molecule has 1 fully saturated rings. The van der Waals surface area contributed by atoms with Crippen LogP contribution in [0.2, 0.25) is 0 Å². The second-order valence-corrected chi connectivity index (χ2v) is 6.22. The molecule has 0 aromatic heterocycles. The Morgan fingerprint density at radius 1 is 1.42 bits per heavy atom. The lowest BCUT2D eigenvalue weighted by atomic mass is 9.86. The fraction of sp³-hybridized carbons (Fsp3) is 0.600. The number of nitrogens with two attached hydrogens (primary N) is 1. The van der Waals surface area contributed by atoms with Crippen LogP contribution in [0.5, 0.6) is 0 Å². The van der Waals surface area contributed by atoms with Crippen LogP contribution in [0, 0.1) is 0 Å². The van der Waals surface area contributed by atoms with Crippen LogP contribution in [0.4, 0.5) is 11.4 Å². The van der Waals surface area contributed by atoms with Gasteiger partial charge in [0.2, 0.25) is 0 Å². The molecule has 1 unspecified atom stereocenters. The number of halogens is 1. The molecule has 1 aromatic carbocycles. The smallest absolute Gasteiger partial charge is 0.0696 e. The standard InChI is InChI=1S/C15H23BrN2O/c1-3-15(4-2)10-12(7-8-19-15)18-14-9-11(16)5-6-13(14)17/h5-6,9,12,18H,3-4,7-8,10,17H2,1-2H3. The fourth-order valence-electron chi connectivity index (χ4n) is 2.77. The van der Waals surface area contributed by atoms with E-state index in [0.29, 0.717) is 6.04 Å².